The van der Waals surface area contributed by atoms with Crippen molar-refractivity contribution in [3.8, 4) is 0 Å². The van der Waals surface area contributed by atoms with E-state index in [0.717, 1.165) is 16.7 Å². The Balaban J connectivity index is 1.58. The number of hydrogen-bond acceptors (Lipinski definition) is 3. The summed E-state index contributed by atoms with van der Waals surface area (Å²) in [5.41, 5.74) is 3.67. The molecule has 0 aliphatic carbocycles. The number of carbonyl (C=O) groups excluding carboxylic acids is 2. The topological polar surface area (TPSA) is 71.1 Å². The smallest absolute Gasteiger partial charge is 0.270 e. The number of halogens is 1. The molecule has 0 fully saturated rings. The van der Waals surface area contributed by atoms with Crippen molar-refractivity contribution in [1.29, 1.82) is 0 Å². The van der Waals surface area contributed by atoms with E-state index in [1.165, 1.54) is 12.3 Å². The minimum atomic E-state index is -0.326. The molecular weight excluding hydrogens is 374 g/mol. The summed E-state index contributed by atoms with van der Waals surface area (Å²) in [6, 6.07) is 18.2. The van der Waals surface area contributed by atoms with E-state index in [-0.39, 0.29) is 17.5 Å². The molecule has 0 aliphatic heterocycles. The Morgan fingerprint density at radius 3 is 2.07 bits per heavy atom. The number of nitrogens with zero attached hydrogens (tertiary/aromatic N) is 1. The molecule has 3 aromatic rings. The maximum absolute atomic E-state index is 12.4. The average molecular weight is 394 g/mol. The predicted octanol–water partition coefficient (Wildman–Crippen LogP) is 3.90. The van der Waals surface area contributed by atoms with E-state index in [2.05, 4.69) is 15.6 Å². The standard InChI is InChI=1S/C22H20ClN3O2/c1-15-2-4-16(5-3-15)14-26-22(28)20-12-18(10-11-24-20)21(27)25-13-17-6-8-19(23)9-7-17/h2-12H,13-14H2,1H3,(H,25,27)(H,26,28). The van der Waals surface area contributed by atoms with Crippen molar-refractivity contribution in [1.82, 2.24) is 15.6 Å². The van der Waals surface area contributed by atoms with Crippen LogP contribution in [0.1, 0.15) is 37.5 Å². The van der Waals surface area contributed by atoms with Crippen LogP contribution < -0.4 is 10.6 Å². The largest absolute Gasteiger partial charge is 0.348 e. The second kappa shape index (κ2) is 9.15. The number of rotatable bonds is 6. The van der Waals surface area contributed by atoms with Crippen molar-refractivity contribution in [3.63, 3.8) is 0 Å². The minimum absolute atomic E-state index is 0.200. The summed E-state index contributed by atoms with van der Waals surface area (Å²) in [5.74, 6) is -0.599. The Hall–Kier alpha value is -3.18. The number of aryl methyl sites for hydroxylation is 1. The maximum atomic E-state index is 12.4. The molecule has 2 N–H and O–H groups in total. The molecule has 3 rings (SSSR count). The molecule has 0 spiro atoms. The molecule has 0 unspecified atom stereocenters. The molecular formula is C22H20ClN3O2. The molecule has 1 aromatic heterocycles. The van der Waals surface area contributed by atoms with Crippen molar-refractivity contribution in [2.75, 3.05) is 0 Å². The van der Waals surface area contributed by atoms with E-state index < -0.39 is 0 Å². The third-order valence-corrected chi connectivity index (χ3v) is 4.45. The van der Waals surface area contributed by atoms with Crippen molar-refractivity contribution in [3.05, 3.63) is 99.8 Å². The number of amides is 2. The van der Waals surface area contributed by atoms with E-state index in [1.807, 2.05) is 43.3 Å². The highest BCUT2D eigenvalue weighted by atomic mass is 35.5. The van der Waals surface area contributed by atoms with Crippen LogP contribution in [-0.2, 0) is 13.1 Å². The van der Waals surface area contributed by atoms with Crippen LogP contribution in [0.15, 0.2) is 66.9 Å². The van der Waals surface area contributed by atoms with E-state index in [1.54, 1.807) is 18.2 Å². The van der Waals surface area contributed by atoms with Crippen LogP contribution in [0.5, 0.6) is 0 Å². The van der Waals surface area contributed by atoms with Crippen molar-refractivity contribution < 1.29 is 9.59 Å². The fourth-order valence-corrected chi connectivity index (χ4v) is 2.69. The molecule has 0 saturated carbocycles. The fraction of sp³-hybridized carbons (Fsp3) is 0.136. The van der Waals surface area contributed by atoms with Gasteiger partial charge in [-0.05, 0) is 42.3 Å². The van der Waals surface area contributed by atoms with Gasteiger partial charge in [-0.2, -0.15) is 0 Å². The number of nitrogens with one attached hydrogen (secondary N) is 2. The lowest BCUT2D eigenvalue weighted by molar-refractivity contribution is 0.0946. The second-order valence-electron chi connectivity index (χ2n) is 6.41. The van der Waals surface area contributed by atoms with E-state index in [0.29, 0.717) is 23.7 Å². The average Bonchev–Trinajstić information content (AvgIpc) is 2.72. The van der Waals surface area contributed by atoms with E-state index >= 15 is 0 Å². The Kier molecular flexibility index (Phi) is 6.40. The zero-order valence-corrected chi connectivity index (χ0v) is 16.2. The third-order valence-electron chi connectivity index (χ3n) is 4.19. The summed E-state index contributed by atoms with van der Waals surface area (Å²) in [5, 5.41) is 6.28. The quantitative estimate of drug-likeness (QED) is 0.667. The number of pyridine rings is 1. The first-order chi connectivity index (χ1) is 13.5. The van der Waals surface area contributed by atoms with Gasteiger partial charge in [0.1, 0.15) is 5.69 Å². The molecule has 0 aliphatic rings. The molecule has 2 aromatic carbocycles. The van der Waals surface area contributed by atoms with Gasteiger partial charge >= 0.3 is 0 Å². The zero-order chi connectivity index (χ0) is 19.9. The van der Waals surface area contributed by atoms with Gasteiger partial charge in [-0.3, -0.25) is 14.6 Å². The van der Waals surface area contributed by atoms with Gasteiger partial charge in [0.25, 0.3) is 11.8 Å². The predicted molar refractivity (Wildman–Crippen MR) is 109 cm³/mol. The Morgan fingerprint density at radius 2 is 1.43 bits per heavy atom. The van der Waals surface area contributed by atoms with Gasteiger partial charge in [0.15, 0.2) is 0 Å². The highest BCUT2D eigenvalue weighted by Crippen LogP contribution is 2.10. The van der Waals surface area contributed by atoms with Crippen molar-refractivity contribution in [2.45, 2.75) is 20.0 Å². The molecule has 0 radical (unpaired) electrons. The SMILES string of the molecule is Cc1ccc(CNC(=O)c2cc(C(=O)NCc3ccc(Cl)cc3)ccn2)cc1. The maximum Gasteiger partial charge on any atom is 0.270 e. The van der Waals surface area contributed by atoms with Crippen LogP contribution in [0.2, 0.25) is 5.02 Å². The van der Waals surface area contributed by atoms with Crippen molar-refractivity contribution in [2.24, 2.45) is 0 Å². The monoisotopic (exact) mass is 393 g/mol. The number of hydrogen-bond donors (Lipinski definition) is 2. The van der Waals surface area contributed by atoms with Gasteiger partial charge in [0.05, 0.1) is 0 Å². The molecule has 5 nitrogen and oxygen atoms in total. The van der Waals surface area contributed by atoms with E-state index in [9.17, 15) is 9.59 Å². The molecule has 1 heterocycles. The van der Waals surface area contributed by atoms with Crippen LogP contribution in [0, 0.1) is 6.92 Å². The summed E-state index contributed by atoms with van der Waals surface area (Å²) in [6.45, 7) is 2.77. The zero-order valence-electron chi connectivity index (χ0n) is 15.4. The van der Waals surface area contributed by atoms with Crippen molar-refractivity contribution >= 4 is 23.4 Å². The number of aromatic nitrogens is 1. The Bertz CT molecular complexity index is 893. The number of benzene rings is 2. The Labute approximate surface area is 168 Å². The number of carbonyl (C=O) groups is 2. The lowest BCUT2D eigenvalue weighted by Crippen LogP contribution is -2.26. The van der Waals surface area contributed by atoms with Crippen LogP contribution in [0.4, 0.5) is 0 Å². The van der Waals surface area contributed by atoms with Gasteiger partial charge in [-0.25, -0.2) is 0 Å². The fourth-order valence-electron chi connectivity index (χ4n) is 2.56. The molecule has 0 saturated heterocycles. The summed E-state index contributed by atoms with van der Waals surface area (Å²) in [4.78, 5) is 28.8. The second-order valence-corrected chi connectivity index (χ2v) is 6.84. The first kappa shape index (κ1) is 19.6. The third kappa shape index (κ3) is 5.41. The summed E-state index contributed by atoms with van der Waals surface area (Å²) >= 11 is 5.86. The molecule has 0 bridgehead atoms. The summed E-state index contributed by atoms with van der Waals surface area (Å²) in [7, 11) is 0. The van der Waals surface area contributed by atoms with Gasteiger partial charge in [-0.15, -0.1) is 0 Å². The highest BCUT2D eigenvalue weighted by molar-refractivity contribution is 6.30. The normalized spacial score (nSPS) is 10.4. The van der Waals surface area contributed by atoms with Crippen LogP contribution >= 0.6 is 11.6 Å². The molecule has 28 heavy (non-hydrogen) atoms. The van der Waals surface area contributed by atoms with Crippen LogP contribution in [-0.4, -0.2) is 16.8 Å². The lowest BCUT2D eigenvalue weighted by atomic mass is 10.1. The van der Waals surface area contributed by atoms with Crippen LogP contribution in [0.3, 0.4) is 0 Å². The van der Waals surface area contributed by atoms with Gasteiger partial charge in [-0.1, -0.05) is 53.6 Å². The molecule has 2 amide bonds. The molecule has 0 atom stereocenters. The molecule has 6 heteroatoms. The Morgan fingerprint density at radius 1 is 0.857 bits per heavy atom. The van der Waals surface area contributed by atoms with E-state index in [4.69, 9.17) is 11.6 Å². The first-order valence-electron chi connectivity index (χ1n) is 8.84. The molecule has 142 valence electrons. The first-order valence-corrected chi connectivity index (χ1v) is 9.21. The lowest BCUT2D eigenvalue weighted by Gasteiger charge is -2.08. The van der Waals surface area contributed by atoms with Gasteiger partial charge in [0.2, 0.25) is 0 Å². The van der Waals surface area contributed by atoms with Gasteiger partial charge < -0.3 is 10.6 Å². The highest BCUT2D eigenvalue weighted by Gasteiger charge is 2.12. The summed E-state index contributed by atoms with van der Waals surface area (Å²) < 4.78 is 0. The van der Waals surface area contributed by atoms with Gasteiger partial charge in [0, 0.05) is 29.9 Å². The minimum Gasteiger partial charge on any atom is -0.348 e. The summed E-state index contributed by atoms with van der Waals surface area (Å²) in [6.07, 6.45) is 1.46. The van der Waals surface area contributed by atoms with Crippen LogP contribution in [0.25, 0.3) is 0 Å².